The highest BCUT2D eigenvalue weighted by Gasteiger charge is 2.33. The van der Waals surface area contributed by atoms with Gasteiger partial charge in [0.2, 0.25) is 0 Å². The van der Waals surface area contributed by atoms with Gasteiger partial charge in [-0.25, -0.2) is 8.78 Å². The van der Waals surface area contributed by atoms with Crippen LogP contribution in [0, 0.1) is 11.6 Å². The standard InChI is InChI=1S/C16H10F5N3O/c17-11-4-2-8(5-12(11)18)22-9-1-3-10(14(25)6-9)13-7-15(24-23-13)16(19,20)21/h1-7,22,25H,(H,23,24). The molecule has 25 heavy (non-hydrogen) atoms. The maximum absolute atomic E-state index is 13.2. The van der Waals surface area contributed by atoms with E-state index in [1.54, 1.807) is 0 Å². The fourth-order valence-electron chi connectivity index (χ4n) is 2.17. The second-order valence-corrected chi connectivity index (χ2v) is 5.15. The highest BCUT2D eigenvalue weighted by atomic mass is 19.4. The normalized spacial score (nSPS) is 11.6. The number of anilines is 2. The van der Waals surface area contributed by atoms with Gasteiger partial charge in [-0.3, -0.25) is 5.10 Å². The maximum Gasteiger partial charge on any atom is 0.432 e. The second kappa shape index (κ2) is 6.08. The summed E-state index contributed by atoms with van der Waals surface area (Å²) in [6.45, 7) is 0. The summed E-state index contributed by atoms with van der Waals surface area (Å²) < 4.78 is 63.8. The Morgan fingerprint density at radius 1 is 0.920 bits per heavy atom. The molecule has 0 atom stereocenters. The number of aromatic hydroxyl groups is 1. The third-order valence-electron chi connectivity index (χ3n) is 3.37. The van der Waals surface area contributed by atoms with Crippen molar-refractivity contribution in [3.63, 3.8) is 0 Å². The van der Waals surface area contributed by atoms with Crippen molar-refractivity contribution in [2.75, 3.05) is 5.32 Å². The molecule has 9 heteroatoms. The fraction of sp³-hybridized carbons (Fsp3) is 0.0625. The molecule has 0 aliphatic heterocycles. The van der Waals surface area contributed by atoms with E-state index < -0.39 is 23.5 Å². The van der Waals surface area contributed by atoms with Gasteiger partial charge in [-0.2, -0.15) is 18.3 Å². The van der Waals surface area contributed by atoms with E-state index in [2.05, 4.69) is 10.4 Å². The van der Waals surface area contributed by atoms with Gasteiger partial charge in [-0.15, -0.1) is 0 Å². The Balaban J connectivity index is 1.85. The van der Waals surface area contributed by atoms with E-state index in [1.807, 2.05) is 5.10 Å². The van der Waals surface area contributed by atoms with Crippen LogP contribution in [0.3, 0.4) is 0 Å². The predicted octanol–water partition coefficient (Wildman–Crippen LogP) is 4.82. The summed E-state index contributed by atoms with van der Waals surface area (Å²) in [5.41, 5.74) is -0.457. The zero-order chi connectivity index (χ0) is 18.2. The molecule has 3 aromatic rings. The topological polar surface area (TPSA) is 60.9 Å². The van der Waals surface area contributed by atoms with Gasteiger partial charge in [0.05, 0.1) is 5.69 Å². The summed E-state index contributed by atoms with van der Waals surface area (Å²) >= 11 is 0. The molecule has 4 nitrogen and oxygen atoms in total. The van der Waals surface area contributed by atoms with E-state index in [0.717, 1.165) is 18.2 Å². The van der Waals surface area contributed by atoms with E-state index in [0.29, 0.717) is 5.69 Å². The molecule has 1 aromatic heterocycles. The molecule has 0 aliphatic carbocycles. The number of benzene rings is 2. The smallest absolute Gasteiger partial charge is 0.432 e. The Kier molecular flexibility index (Phi) is 4.07. The van der Waals surface area contributed by atoms with Gasteiger partial charge in [-0.1, -0.05) is 0 Å². The van der Waals surface area contributed by atoms with Crippen LogP contribution in [0.25, 0.3) is 11.3 Å². The highest BCUT2D eigenvalue weighted by Crippen LogP contribution is 2.35. The number of aromatic amines is 1. The Morgan fingerprint density at radius 3 is 2.20 bits per heavy atom. The van der Waals surface area contributed by atoms with Crippen LogP contribution in [-0.2, 0) is 6.18 Å². The first-order valence-electron chi connectivity index (χ1n) is 6.92. The van der Waals surface area contributed by atoms with Crippen LogP contribution >= 0.6 is 0 Å². The number of phenols is 1. The molecule has 0 unspecified atom stereocenters. The van der Waals surface area contributed by atoms with Gasteiger partial charge < -0.3 is 10.4 Å². The van der Waals surface area contributed by atoms with Crippen LogP contribution in [0.1, 0.15) is 5.69 Å². The number of H-pyrrole nitrogens is 1. The quantitative estimate of drug-likeness (QED) is 0.590. The Hall–Kier alpha value is -3.10. The average molecular weight is 355 g/mol. The molecule has 3 rings (SSSR count). The maximum atomic E-state index is 13.2. The summed E-state index contributed by atoms with van der Waals surface area (Å²) in [6.07, 6.45) is -4.57. The van der Waals surface area contributed by atoms with E-state index in [-0.39, 0.29) is 22.7 Å². The van der Waals surface area contributed by atoms with Crippen LogP contribution < -0.4 is 5.32 Å². The summed E-state index contributed by atoms with van der Waals surface area (Å²) in [4.78, 5) is 0. The first kappa shape index (κ1) is 16.7. The van der Waals surface area contributed by atoms with Gasteiger partial charge in [-0.05, 0) is 30.3 Å². The number of hydrogen-bond acceptors (Lipinski definition) is 3. The van der Waals surface area contributed by atoms with Crippen molar-refractivity contribution in [3.8, 4) is 17.0 Å². The number of halogens is 5. The second-order valence-electron chi connectivity index (χ2n) is 5.15. The third-order valence-corrected chi connectivity index (χ3v) is 3.37. The number of nitrogens with one attached hydrogen (secondary N) is 2. The summed E-state index contributed by atoms with van der Waals surface area (Å²) in [6, 6.07) is 7.99. The van der Waals surface area contributed by atoms with Crippen LogP contribution in [0.15, 0.2) is 42.5 Å². The number of nitrogens with zero attached hydrogens (tertiary/aromatic N) is 1. The number of rotatable bonds is 3. The molecule has 0 saturated heterocycles. The van der Waals surface area contributed by atoms with E-state index in [9.17, 15) is 27.1 Å². The van der Waals surface area contributed by atoms with Crippen LogP contribution in [0.4, 0.5) is 33.3 Å². The van der Waals surface area contributed by atoms with Crippen molar-refractivity contribution in [1.29, 1.82) is 0 Å². The van der Waals surface area contributed by atoms with Crippen molar-refractivity contribution in [2.45, 2.75) is 6.18 Å². The van der Waals surface area contributed by atoms with Gasteiger partial charge in [0, 0.05) is 29.1 Å². The number of hydrogen-bond donors (Lipinski definition) is 3. The molecule has 0 saturated carbocycles. The van der Waals surface area contributed by atoms with Gasteiger partial charge in [0.1, 0.15) is 11.4 Å². The lowest BCUT2D eigenvalue weighted by atomic mass is 10.1. The molecular weight excluding hydrogens is 345 g/mol. The molecule has 0 amide bonds. The lowest BCUT2D eigenvalue weighted by Gasteiger charge is -2.09. The molecule has 0 bridgehead atoms. The minimum atomic E-state index is -4.57. The largest absolute Gasteiger partial charge is 0.507 e. The highest BCUT2D eigenvalue weighted by molar-refractivity contribution is 5.72. The monoisotopic (exact) mass is 355 g/mol. The van der Waals surface area contributed by atoms with Crippen LogP contribution in [0.2, 0.25) is 0 Å². The Morgan fingerprint density at radius 2 is 1.60 bits per heavy atom. The lowest BCUT2D eigenvalue weighted by molar-refractivity contribution is -0.141. The minimum absolute atomic E-state index is 0.0794. The summed E-state index contributed by atoms with van der Waals surface area (Å²) in [7, 11) is 0. The van der Waals surface area contributed by atoms with Gasteiger partial charge in [0.25, 0.3) is 0 Å². The Bertz CT molecular complexity index is 920. The predicted molar refractivity (Wildman–Crippen MR) is 80.3 cm³/mol. The molecule has 0 aliphatic rings. The first-order valence-corrected chi connectivity index (χ1v) is 6.92. The summed E-state index contributed by atoms with van der Waals surface area (Å²) in [5.74, 6) is -2.36. The molecule has 3 N–H and O–H groups in total. The van der Waals surface area contributed by atoms with Crippen molar-refractivity contribution < 1.29 is 27.1 Å². The first-order chi connectivity index (χ1) is 11.7. The van der Waals surface area contributed by atoms with Gasteiger partial charge >= 0.3 is 6.18 Å². The van der Waals surface area contributed by atoms with Crippen molar-refractivity contribution in [2.24, 2.45) is 0 Å². The van der Waals surface area contributed by atoms with Crippen molar-refractivity contribution >= 4 is 11.4 Å². The molecule has 0 spiro atoms. The lowest BCUT2D eigenvalue weighted by Crippen LogP contribution is -2.04. The minimum Gasteiger partial charge on any atom is -0.507 e. The van der Waals surface area contributed by atoms with Gasteiger partial charge in [0.15, 0.2) is 11.6 Å². The molecule has 1 heterocycles. The Labute approximate surface area is 137 Å². The fourth-order valence-corrected chi connectivity index (χ4v) is 2.17. The van der Waals surface area contributed by atoms with E-state index in [1.165, 1.54) is 24.3 Å². The summed E-state index contributed by atoms with van der Waals surface area (Å²) in [5, 5.41) is 18.2. The zero-order valence-corrected chi connectivity index (χ0v) is 12.3. The SMILES string of the molecule is Oc1cc(Nc2ccc(F)c(F)c2)ccc1-c1cc(C(F)(F)F)[nH]n1. The van der Waals surface area contributed by atoms with Crippen molar-refractivity contribution in [3.05, 3.63) is 59.8 Å². The molecule has 0 radical (unpaired) electrons. The molecule has 2 aromatic carbocycles. The van der Waals surface area contributed by atoms with E-state index in [4.69, 9.17) is 0 Å². The zero-order valence-electron chi connectivity index (χ0n) is 12.3. The van der Waals surface area contributed by atoms with E-state index >= 15 is 0 Å². The van der Waals surface area contributed by atoms with Crippen LogP contribution in [-0.4, -0.2) is 15.3 Å². The van der Waals surface area contributed by atoms with Crippen LogP contribution in [0.5, 0.6) is 5.75 Å². The number of phenolic OH excluding ortho intramolecular Hbond substituents is 1. The molecular formula is C16H10F5N3O. The number of alkyl halides is 3. The average Bonchev–Trinajstić information content (AvgIpc) is 3.01. The third kappa shape index (κ3) is 3.54. The number of aromatic nitrogens is 2. The van der Waals surface area contributed by atoms with Crippen molar-refractivity contribution in [1.82, 2.24) is 10.2 Å². The molecule has 130 valence electrons. The molecule has 0 fully saturated rings.